The summed E-state index contributed by atoms with van der Waals surface area (Å²) in [6.45, 7) is 8.97. The van der Waals surface area contributed by atoms with Crippen LogP contribution in [0.2, 0.25) is 0 Å². The minimum atomic E-state index is -1.12. The molecule has 2 N–H and O–H groups in total. The predicted octanol–water partition coefficient (Wildman–Crippen LogP) is 1.58. The molecule has 0 aromatic heterocycles. The van der Waals surface area contributed by atoms with Gasteiger partial charge in [-0.05, 0) is 26.8 Å². The van der Waals surface area contributed by atoms with E-state index in [0.29, 0.717) is 0 Å². The van der Waals surface area contributed by atoms with Gasteiger partial charge in [0.1, 0.15) is 0 Å². The molecular formula is C8H15NO3. The molecule has 1 atom stereocenters. The minimum Gasteiger partial charge on any atom is -0.465 e. The predicted molar refractivity (Wildman–Crippen MR) is 46.0 cm³/mol. The number of amides is 1. The molecule has 0 rings (SSSR count). The van der Waals surface area contributed by atoms with E-state index in [1.165, 1.54) is 6.08 Å². The Labute approximate surface area is 72.2 Å². The van der Waals surface area contributed by atoms with Crippen molar-refractivity contribution in [2.75, 3.05) is 0 Å². The number of rotatable bonds is 3. The second kappa shape index (κ2) is 4.11. The Kier molecular flexibility index (Phi) is 3.76. The number of carbonyl (C=O) groups is 1. The van der Waals surface area contributed by atoms with Crippen molar-refractivity contribution in [1.82, 2.24) is 5.32 Å². The van der Waals surface area contributed by atoms with Crippen molar-refractivity contribution < 1.29 is 14.6 Å². The number of hydrogen-bond donors (Lipinski definition) is 2. The van der Waals surface area contributed by atoms with Crippen LogP contribution in [0.5, 0.6) is 0 Å². The van der Waals surface area contributed by atoms with Gasteiger partial charge < -0.3 is 9.84 Å². The van der Waals surface area contributed by atoms with Crippen LogP contribution in [0.4, 0.5) is 4.79 Å². The summed E-state index contributed by atoms with van der Waals surface area (Å²) in [4.78, 5) is 10.2. The summed E-state index contributed by atoms with van der Waals surface area (Å²) in [6, 6.07) is 0. The first-order valence-electron chi connectivity index (χ1n) is 3.65. The molecule has 70 valence electrons. The highest BCUT2D eigenvalue weighted by atomic mass is 16.5. The van der Waals surface area contributed by atoms with E-state index in [2.05, 4.69) is 11.9 Å². The molecule has 1 unspecified atom stereocenters. The van der Waals surface area contributed by atoms with Gasteiger partial charge in [-0.1, -0.05) is 6.58 Å². The van der Waals surface area contributed by atoms with Gasteiger partial charge >= 0.3 is 6.09 Å². The quantitative estimate of drug-likeness (QED) is 0.503. The van der Waals surface area contributed by atoms with Crippen LogP contribution >= 0.6 is 0 Å². The van der Waals surface area contributed by atoms with Gasteiger partial charge in [0.05, 0.1) is 5.60 Å². The molecule has 0 aliphatic rings. The van der Waals surface area contributed by atoms with E-state index in [0.717, 1.165) is 0 Å². The van der Waals surface area contributed by atoms with E-state index in [4.69, 9.17) is 9.84 Å². The van der Waals surface area contributed by atoms with Crippen molar-refractivity contribution in [1.29, 1.82) is 0 Å². The summed E-state index contributed by atoms with van der Waals surface area (Å²) in [6.07, 6.45) is -0.369. The largest absolute Gasteiger partial charge is 0.465 e. The van der Waals surface area contributed by atoms with E-state index in [9.17, 15) is 4.79 Å². The maximum Gasteiger partial charge on any atom is 0.406 e. The highest BCUT2D eigenvalue weighted by Crippen LogP contribution is 2.09. The highest BCUT2D eigenvalue weighted by Gasteiger charge is 2.17. The van der Waals surface area contributed by atoms with Crippen LogP contribution in [-0.4, -0.2) is 23.0 Å². The van der Waals surface area contributed by atoms with E-state index in [-0.39, 0.29) is 5.60 Å². The third-order valence-electron chi connectivity index (χ3n) is 0.960. The fourth-order valence-corrected chi connectivity index (χ4v) is 0.639. The Morgan fingerprint density at radius 3 is 2.42 bits per heavy atom. The lowest BCUT2D eigenvalue weighted by atomic mass is 10.2. The Hall–Kier alpha value is -1.03. The van der Waals surface area contributed by atoms with Crippen LogP contribution in [0.1, 0.15) is 20.8 Å². The molecule has 0 aliphatic carbocycles. The summed E-state index contributed by atoms with van der Waals surface area (Å²) in [7, 11) is 0. The molecule has 4 nitrogen and oxygen atoms in total. The standard InChI is InChI=1S/C8H15NO3/c1-5-6(9-7(10)11)12-8(2,3)4/h5-6,9H,1H2,2-4H3,(H,10,11). The Morgan fingerprint density at radius 2 is 2.17 bits per heavy atom. The molecule has 0 aromatic rings. The lowest BCUT2D eigenvalue weighted by Gasteiger charge is -2.24. The lowest BCUT2D eigenvalue weighted by Crippen LogP contribution is -2.39. The van der Waals surface area contributed by atoms with Gasteiger partial charge in [-0.25, -0.2) is 4.79 Å². The highest BCUT2D eigenvalue weighted by molar-refractivity contribution is 5.64. The third kappa shape index (κ3) is 5.73. The van der Waals surface area contributed by atoms with Crippen LogP contribution in [0.3, 0.4) is 0 Å². The molecule has 0 aliphatic heterocycles. The zero-order valence-electron chi connectivity index (χ0n) is 7.63. The maximum absolute atomic E-state index is 10.2. The van der Waals surface area contributed by atoms with E-state index in [1.807, 2.05) is 20.8 Å². The number of nitrogens with one attached hydrogen (secondary N) is 1. The van der Waals surface area contributed by atoms with Gasteiger partial charge in [-0.15, -0.1) is 0 Å². The van der Waals surface area contributed by atoms with Crippen molar-refractivity contribution >= 4 is 6.09 Å². The maximum atomic E-state index is 10.2. The first-order chi connectivity index (χ1) is 5.35. The normalized spacial score (nSPS) is 13.6. The van der Waals surface area contributed by atoms with Gasteiger partial charge in [-0.2, -0.15) is 0 Å². The SMILES string of the molecule is C=CC(NC(=O)O)OC(C)(C)C. The van der Waals surface area contributed by atoms with Crippen molar-refractivity contribution in [2.45, 2.75) is 32.6 Å². The molecule has 0 aromatic carbocycles. The van der Waals surface area contributed by atoms with Crippen LogP contribution < -0.4 is 5.32 Å². The molecule has 0 saturated heterocycles. The molecule has 0 heterocycles. The van der Waals surface area contributed by atoms with Crippen molar-refractivity contribution in [3.8, 4) is 0 Å². The fraction of sp³-hybridized carbons (Fsp3) is 0.625. The molecular weight excluding hydrogens is 158 g/mol. The second-order valence-corrected chi connectivity index (χ2v) is 3.34. The first kappa shape index (κ1) is 11.0. The Morgan fingerprint density at radius 1 is 1.67 bits per heavy atom. The molecule has 4 heteroatoms. The molecule has 0 bridgehead atoms. The summed E-state index contributed by atoms with van der Waals surface area (Å²) >= 11 is 0. The van der Waals surface area contributed by atoms with Gasteiger partial charge in [0.15, 0.2) is 6.23 Å². The topological polar surface area (TPSA) is 58.6 Å². The monoisotopic (exact) mass is 173 g/mol. The molecule has 12 heavy (non-hydrogen) atoms. The zero-order valence-corrected chi connectivity index (χ0v) is 7.63. The fourth-order valence-electron chi connectivity index (χ4n) is 0.639. The van der Waals surface area contributed by atoms with Crippen molar-refractivity contribution in [3.63, 3.8) is 0 Å². The average Bonchev–Trinajstić information content (AvgIpc) is 1.82. The van der Waals surface area contributed by atoms with Gasteiger partial charge in [0.2, 0.25) is 0 Å². The van der Waals surface area contributed by atoms with Crippen molar-refractivity contribution in [3.05, 3.63) is 12.7 Å². The van der Waals surface area contributed by atoms with Crippen LogP contribution in [0, 0.1) is 0 Å². The van der Waals surface area contributed by atoms with Gasteiger partial charge in [0, 0.05) is 0 Å². The minimum absolute atomic E-state index is 0.388. The number of hydrogen-bond acceptors (Lipinski definition) is 2. The van der Waals surface area contributed by atoms with E-state index >= 15 is 0 Å². The van der Waals surface area contributed by atoms with Crippen LogP contribution in [0.15, 0.2) is 12.7 Å². The molecule has 1 amide bonds. The number of ether oxygens (including phenoxy) is 1. The van der Waals surface area contributed by atoms with Crippen LogP contribution in [-0.2, 0) is 4.74 Å². The van der Waals surface area contributed by atoms with Gasteiger partial charge in [-0.3, -0.25) is 5.32 Å². The average molecular weight is 173 g/mol. The molecule has 0 spiro atoms. The Balaban J connectivity index is 4.00. The molecule has 0 saturated carbocycles. The van der Waals surface area contributed by atoms with E-state index < -0.39 is 12.3 Å². The summed E-state index contributed by atoms with van der Waals surface area (Å²) in [5.41, 5.74) is -0.388. The summed E-state index contributed by atoms with van der Waals surface area (Å²) in [5.74, 6) is 0. The second-order valence-electron chi connectivity index (χ2n) is 3.34. The smallest absolute Gasteiger partial charge is 0.406 e. The van der Waals surface area contributed by atoms with Crippen LogP contribution in [0.25, 0.3) is 0 Å². The summed E-state index contributed by atoms with van der Waals surface area (Å²) in [5, 5.41) is 10.5. The number of carboxylic acid groups (broad SMARTS) is 1. The molecule has 0 fully saturated rings. The lowest BCUT2D eigenvalue weighted by molar-refractivity contribution is -0.0484. The zero-order chi connectivity index (χ0) is 9.78. The van der Waals surface area contributed by atoms with Gasteiger partial charge in [0.25, 0.3) is 0 Å². The third-order valence-corrected chi connectivity index (χ3v) is 0.960. The van der Waals surface area contributed by atoms with E-state index in [1.54, 1.807) is 0 Å². The summed E-state index contributed by atoms with van der Waals surface area (Å²) < 4.78 is 5.29. The Bertz CT molecular complexity index is 172. The van der Waals surface area contributed by atoms with Crippen molar-refractivity contribution in [2.24, 2.45) is 0 Å². The molecule has 0 radical (unpaired) electrons. The first-order valence-corrected chi connectivity index (χ1v) is 3.65.